The fraction of sp³-hybridized carbons (Fsp3) is 0.318. The summed E-state index contributed by atoms with van der Waals surface area (Å²) in [5, 5.41) is 16.0. The van der Waals surface area contributed by atoms with Crippen LogP contribution in [-0.4, -0.2) is 44.7 Å². The van der Waals surface area contributed by atoms with E-state index in [2.05, 4.69) is 38.5 Å². The molecule has 0 spiro atoms. The van der Waals surface area contributed by atoms with Crippen LogP contribution in [-0.2, 0) is 11.2 Å². The van der Waals surface area contributed by atoms with Crippen molar-refractivity contribution in [2.45, 2.75) is 37.8 Å². The van der Waals surface area contributed by atoms with E-state index in [0.717, 1.165) is 31.4 Å². The number of anilines is 2. The summed E-state index contributed by atoms with van der Waals surface area (Å²) >= 11 is 0. The van der Waals surface area contributed by atoms with Crippen LogP contribution in [0.5, 0.6) is 5.75 Å². The summed E-state index contributed by atoms with van der Waals surface area (Å²) in [5.41, 5.74) is 3.73. The van der Waals surface area contributed by atoms with Gasteiger partial charge in [-0.1, -0.05) is 6.07 Å². The van der Waals surface area contributed by atoms with Gasteiger partial charge in [-0.2, -0.15) is 19.6 Å². The molecule has 0 radical (unpaired) electrons. The zero-order valence-electron chi connectivity index (χ0n) is 17.9. The van der Waals surface area contributed by atoms with E-state index in [-0.39, 0.29) is 11.7 Å². The third-order valence-electron chi connectivity index (χ3n) is 6.06. The predicted molar refractivity (Wildman–Crippen MR) is 120 cm³/mol. The molecule has 3 heterocycles. The first kappa shape index (κ1) is 19.5. The Kier molecular flexibility index (Phi) is 4.42. The molecule has 4 N–H and O–H groups in total. The molecule has 1 atom stereocenters. The largest absolute Gasteiger partial charge is 0.497 e. The maximum absolute atomic E-state index is 12.0. The highest BCUT2D eigenvalue weighted by Crippen LogP contribution is 2.36. The summed E-state index contributed by atoms with van der Waals surface area (Å²) in [5.74, 6) is 1.38. The van der Waals surface area contributed by atoms with E-state index in [4.69, 9.17) is 14.7 Å². The van der Waals surface area contributed by atoms with E-state index in [1.165, 1.54) is 11.1 Å². The number of nitrogens with one attached hydrogen (secondary N) is 4. The number of hydrogen-bond acceptors (Lipinski definition) is 8. The fourth-order valence-electron chi connectivity index (χ4n) is 4.22. The van der Waals surface area contributed by atoms with Crippen molar-refractivity contribution in [1.29, 1.82) is 0 Å². The van der Waals surface area contributed by atoms with Crippen molar-refractivity contribution in [2.24, 2.45) is 0 Å². The number of carbonyl (C=O) groups is 2. The van der Waals surface area contributed by atoms with Crippen LogP contribution in [0.1, 0.15) is 42.0 Å². The van der Waals surface area contributed by atoms with Gasteiger partial charge in [0.15, 0.2) is 5.65 Å². The monoisotopic (exact) mass is 446 g/mol. The van der Waals surface area contributed by atoms with Crippen molar-refractivity contribution in [1.82, 2.24) is 30.2 Å². The SMILES string of the molecule is COc1ccc2c(c1)C(Nc1nc(NC3CC3)n3ncc(/C=C4\NC(=O)NC4=O)c3n1)CC2. The number of aryl methyl sites for hydroxylation is 1. The first-order valence-corrected chi connectivity index (χ1v) is 10.9. The van der Waals surface area contributed by atoms with Gasteiger partial charge in [0.2, 0.25) is 11.9 Å². The van der Waals surface area contributed by atoms with Gasteiger partial charge in [-0.15, -0.1) is 0 Å². The summed E-state index contributed by atoms with van der Waals surface area (Å²) in [7, 11) is 1.66. The van der Waals surface area contributed by atoms with Crippen LogP contribution in [0.15, 0.2) is 30.1 Å². The van der Waals surface area contributed by atoms with E-state index in [1.807, 2.05) is 6.07 Å². The molecule has 2 aliphatic carbocycles. The minimum Gasteiger partial charge on any atom is -0.497 e. The van der Waals surface area contributed by atoms with Crippen molar-refractivity contribution in [2.75, 3.05) is 17.7 Å². The second kappa shape index (κ2) is 7.47. The summed E-state index contributed by atoms with van der Waals surface area (Å²) in [6.45, 7) is 0. The van der Waals surface area contributed by atoms with E-state index in [9.17, 15) is 9.59 Å². The average Bonchev–Trinajstić information content (AvgIpc) is 3.25. The fourth-order valence-corrected chi connectivity index (χ4v) is 4.22. The topological polar surface area (TPSA) is 135 Å². The number of benzene rings is 1. The van der Waals surface area contributed by atoms with E-state index in [1.54, 1.807) is 23.9 Å². The highest BCUT2D eigenvalue weighted by Gasteiger charge is 2.28. The average molecular weight is 446 g/mol. The van der Waals surface area contributed by atoms with Crippen LogP contribution < -0.4 is 26.0 Å². The Morgan fingerprint density at radius 2 is 2.03 bits per heavy atom. The molecule has 2 fully saturated rings. The molecule has 1 saturated carbocycles. The first-order valence-electron chi connectivity index (χ1n) is 10.9. The molecule has 1 aliphatic heterocycles. The number of urea groups is 1. The smallest absolute Gasteiger partial charge is 0.326 e. The number of hydrogen-bond donors (Lipinski definition) is 4. The lowest BCUT2D eigenvalue weighted by Gasteiger charge is -2.16. The molecule has 11 heteroatoms. The zero-order valence-corrected chi connectivity index (χ0v) is 17.9. The molecular formula is C22H22N8O3. The van der Waals surface area contributed by atoms with Crippen molar-refractivity contribution in [3.8, 4) is 5.75 Å². The maximum atomic E-state index is 12.0. The third-order valence-corrected chi connectivity index (χ3v) is 6.06. The Bertz CT molecular complexity index is 1330. The second-order valence-corrected chi connectivity index (χ2v) is 8.39. The van der Waals surface area contributed by atoms with Crippen molar-refractivity contribution < 1.29 is 14.3 Å². The predicted octanol–water partition coefficient (Wildman–Crippen LogP) is 1.99. The van der Waals surface area contributed by atoms with E-state index < -0.39 is 11.9 Å². The Labute approximate surface area is 188 Å². The van der Waals surface area contributed by atoms with Gasteiger partial charge >= 0.3 is 6.03 Å². The van der Waals surface area contributed by atoms with Crippen LogP contribution in [0.25, 0.3) is 11.7 Å². The molecule has 1 aromatic carbocycles. The standard InChI is InChI=1S/C22H22N8O3/c1-33-14-6-2-11-3-7-16(15(11)9-14)25-20-27-18-12(8-17-19(31)28-22(32)26-17)10-23-30(18)21(29-20)24-13-4-5-13/h2,6,8-10,13,16H,3-5,7H2,1H3,(H2,24,25,27,29)(H2,26,28,31,32)/b17-8-. The highest BCUT2D eigenvalue weighted by molar-refractivity contribution is 6.14. The van der Waals surface area contributed by atoms with E-state index in [0.29, 0.717) is 29.1 Å². The molecule has 1 unspecified atom stereocenters. The Morgan fingerprint density at radius 3 is 2.79 bits per heavy atom. The van der Waals surface area contributed by atoms with Crippen molar-refractivity contribution >= 4 is 35.6 Å². The lowest BCUT2D eigenvalue weighted by molar-refractivity contribution is -0.115. The lowest BCUT2D eigenvalue weighted by atomic mass is 10.1. The molecule has 6 rings (SSSR count). The number of ether oxygens (including phenoxy) is 1. The first-order chi connectivity index (χ1) is 16.1. The van der Waals surface area contributed by atoms with Gasteiger partial charge in [-0.25, -0.2) is 4.79 Å². The Balaban J connectivity index is 1.38. The Morgan fingerprint density at radius 1 is 1.15 bits per heavy atom. The number of fused-ring (bicyclic) bond motifs is 2. The summed E-state index contributed by atoms with van der Waals surface area (Å²) in [6.07, 6.45) is 7.21. The normalized spacial score (nSPS) is 20.6. The number of rotatable bonds is 6. The van der Waals surface area contributed by atoms with Gasteiger partial charge in [-0.05, 0) is 55.0 Å². The minimum atomic E-state index is -0.550. The molecule has 0 bridgehead atoms. The summed E-state index contributed by atoms with van der Waals surface area (Å²) in [4.78, 5) is 32.9. The molecule has 3 aliphatic rings. The highest BCUT2D eigenvalue weighted by atomic mass is 16.5. The minimum absolute atomic E-state index is 0.0518. The number of imide groups is 1. The number of nitrogens with zero attached hydrogens (tertiary/aromatic N) is 4. The lowest BCUT2D eigenvalue weighted by Crippen LogP contribution is -2.22. The van der Waals surface area contributed by atoms with Gasteiger partial charge in [0.1, 0.15) is 11.4 Å². The molecule has 168 valence electrons. The molecule has 3 amide bonds. The number of amides is 3. The maximum Gasteiger partial charge on any atom is 0.326 e. The van der Waals surface area contributed by atoms with Gasteiger partial charge in [0.25, 0.3) is 5.91 Å². The van der Waals surface area contributed by atoms with Crippen LogP contribution in [0.2, 0.25) is 0 Å². The van der Waals surface area contributed by atoms with Gasteiger partial charge in [-0.3, -0.25) is 10.1 Å². The number of carbonyl (C=O) groups excluding carboxylic acids is 2. The van der Waals surface area contributed by atoms with Gasteiger partial charge in [0, 0.05) is 11.6 Å². The van der Waals surface area contributed by atoms with Gasteiger partial charge in [0.05, 0.1) is 19.3 Å². The van der Waals surface area contributed by atoms with Gasteiger partial charge < -0.3 is 20.7 Å². The summed E-state index contributed by atoms with van der Waals surface area (Å²) in [6, 6.07) is 5.99. The molecular weight excluding hydrogens is 424 g/mol. The van der Waals surface area contributed by atoms with Crippen LogP contribution in [0, 0.1) is 0 Å². The number of aromatic nitrogens is 4. The van der Waals surface area contributed by atoms with Crippen molar-refractivity contribution in [3.05, 3.63) is 46.8 Å². The summed E-state index contributed by atoms with van der Waals surface area (Å²) < 4.78 is 7.02. The second-order valence-electron chi connectivity index (χ2n) is 8.39. The quantitative estimate of drug-likeness (QED) is 0.334. The van der Waals surface area contributed by atoms with Crippen LogP contribution in [0.4, 0.5) is 16.7 Å². The molecule has 3 aromatic rings. The van der Waals surface area contributed by atoms with Crippen molar-refractivity contribution in [3.63, 3.8) is 0 Å². The number of methoxy groups -OCH3 is 1. The molecule has 11 nitrogen and oxygen atoms in total. The van der Waals surface area contributed by atoms with Crippen LogP contribution >= 0.6 is 0 Å². The third kappa shape index (κ3) is 3.60. The molecule has 1 saturated heterocycles. The molecule has 33 heavy (non-hydrogen) atoms. The zero-order chi connectivity index (χ0) is 22.5. The Hall–Kier alpha value is -4.15. The molecule has 2 aromatic heterocycles. The van der Waals surface area contributed by atoms with Crippen LogP contribution in [0.3, 0.4) is 0 Å². The van der Waals surface area contributed by atoms with E-state index >= 15 is 0 Å².